The fraction of sp³-hybridized carbons (Fsp3) is 0.429. The van der Waals surface area contributed by atoms with Crippen LogP contribution in [-0.4, -0.2) is 22.2 Å². The SMILES string of the molecule is CCOC(C)(C)Cc1nc(N)nc2ccccc12. The van der Waals surface area contributed by atoms with Gasteiger partial charge in [0, 0.05) is 18.4 Å². The molecule has 0 aliphatic carbocycles. The summed E-state index contributed by atoms with van der Waals surface area (Å²) in [6.45, 7) is 6.80. The third-order valence-electron chi connectivity index (χ3n) is 2.83. The first-order valence-electron chi connectivity index (χ1n) is 6.17. The van der Waals surface area contributed by atoms with Gasteiger partial charge in [-0.15, -0.1) is 0 Å². The average molecular weight is 245 g/mol. The molecule has 0 fully saturated rings. The van der Waals surface area contributed by atoms with Crippen LogP contribution < -0.4 is 5.73 Å². The minimum absolute atomic E-state index is 0.252. The van der Waals surface area contributed by atoms with Crippen molar-refractivity contribution < 1.29 is 4.74 Å². The summed E-state index contributed by atoms with van der Waals surface area (Å²) in [5.74, 6) is 0.316. The molecule has 1 heterocycles. The summed E-state index contributed by atoms with van der Waals surface area (Å²) in [6, 6.07) is 7.90. The van der Waals surface area contributed by atoms with Gasteiger partial charge in [0.05, 0.1) is 16.8 Å². The fourth-order valence-corrected chi connectivity index (χ4v) is 2.14. The number of para-hydroxylation sites is 1. The van der Waals surface area contributed by atoms with E-state index in [0.717, 1.165) is 16.6 Å². The number of anilines is 1. The highest BCUT2D eigenvalue weighted by molar-refractivity contribution is 5.81. The third-order valence-corrected chi connectivity index (χ3v) is 2.83. The molecule has 4 heteroatoms. The number of nitrogen functional groups attached to an aromatic ring is 1. The molecular formula is C14H19N3O. The minimum Gasteiger partial charge on any atom is -0.375 e. The second-order valence-electron chi connectivity index (χ2n) is 4.92. The zero-order chi connectivity index (χ0) is 13.2. The van der Waals surface area contributed by atoms with Crippen LogP contribution in [0.15, 0.2) is 24.3 Å². The first-order valence-corrected chi connectivity index (χ1v) is 6.17. The smallest absolute Gasteiger partial charge is 0.220 e. The number of nitrogens with zero attached hydrogens (tertiary/aromatic N) is 2. The molecule has 18 heavy (non-hydrogen) atoms. The molecule has 0 aliphatic heterocycles. The van der Waals surface area contributed by atoms with E-state index < -0.39 is 0 Å². The maximum absolute atomic E-state index is 5.75. The Morgan fingerprint density at radius 1 is 1.22 bits per heavy atom. The lowest BCUT2D eigenvalue weighted by Gasteiger charge is -2.24. The van der Waals surface area contributed by atoms with E-state index in [1.165, 1.54) is 0 Å². The Morgan fingerprint density at radius 3 is 2.67 bits per heavy atom. The second kappa shape index (κ2) is 4.90. The Hall–Kier alpha value is -1.68. The monoisotopic (exact) mass is 245 g/mol. The van der Waals surface area contributed by atoms with Crippen LogP contribution in [0.5, 0.6) is 0 Å². The average Bonchev–Trinajstić information content (AvgIpc) is 2.28. The molecule has 0 bridgehead atoms. The number of benzene rings is 1. The molecule has 2 N–H and O–H groups in total. The highest BCUT2D eigenvalue weighted by Crippen LogP contribution is 2.22. The van der Waals surface area contributed by atoms with Gasteiger partial charge in [0.15, 0.2) is 0 Å². The molecule has 1 aromatic heterocycles. The standard InChI is InChI=1S/C14H19N3O/c1-4-18-14(2,3)9-12-10-7-5-6-8-11(10)16-13(15)17-12/h5-8H,4,9H2,1-3H3,(H2,15,16,17). The highest BCUT2D eigenvalue weighted by atomic mass is 16.5. The number of hydrogen-bond donors (Lipinski definition) is 1. The van der Waals surface area contributed by atoms with Gasteiger partial charge >= 0.3 is 0 Å². The van der Waals surface area contributed by atoms with E-state index in [1.54, 1.807) is 0 Å². The summed E-state index contributed by atoms with van der Waals surface area (Å²) in [7, 11) is 0. The van der Waals surface area contributed by atoms with Crippen LogP contribution in [0.1, 0.15) is 26.5 Å². The van der Waals surface area contributed by atoms with Crippen LogP contribution in [0.25, 0.3) is 10.9 Å². The van der Waals surface area contributed by atoms with Crippen molar-refractivity contribution in [2.45, 2.75) is 32.8 Å². The van der Waals surface area contributed by atoms with Gasteiger partial charge in [-0.3, -0.25) is 0 Å². The first-order chi connectivity index (χ1) is 8.52. The van der Waals surface area contributed by atoms with Crippen LogP contribution in [-0.2, 0) is 11.2 Å². The Morgan fingerprint density at radius 2 is 1.94 bits per heavy atom. The van der Waals surface area contributed by atoms with E-state index in [1.807, 2.05) is 31.2 Å². The number of nitrogens with two attached hydrogens (primary N) is 1. The maximum Gasteiger partial charge on any atom is 0.220 e. The first kappa shape index (κ1) is 12.8. The molecule has 0 saturated heterocycles. The van der Waals surface area contributed by atoms with E-state index in [0.29, 0.717) is 19.0 Å². The Kier molecular flexibility index (Phi) is 3.48. The van der Waals surface area contributed by atoms with E-state index in [2.05, 4.69) is 23.8 Å². The van der Waals surface area contributed by atoms with Crippen molar-refractivity contribution in [2.24, 2.45) is 0 Å². The van der Waals surface area contributed by atoms with Crippen LogP contribution in [0.4, 0.5) is 5.95 Å². The van der Waals surface area contributed by atoms with E-state index in [4.69, 9.17) is 10.5 Å². The topological polar surface area (TPSA) is 61.0 Å². The van der Waals surface area contributed by atoms with Gasteiger partial charge in [-0.25, -0.2) is 9.97 Å². The summed E-state index contributed by atoms with van der Waals surface area (Å²) in [5.41, 5.74) is 7.33. The number of ether oxygens (including phenoxy) is 1. The minimum atomic E-state index is -0.252. The van der Waals surface area contributed by atoms with Gasteiger partial charge in [-0.2, -0.15) is 0 Å². The van der Waals surface area contributed by atoms with Crippen molar-refractivity contribution in [2.75, 3.05) is 12.3 Å². The van der Waals surface area contributed by atoms with Crippen LogP contribution in [0, 0.1) is 0 Å². The molecule has 96 valence electrons. The summed E-state index contributed by atoms with van der Waals surface area (Å²) >= 11 is 0. The zero-order valence-electron chi connectivity index (χ0n) is 11.1. The molecule has 2 rings (SSSR count). The lowest BCUT2D eigenvalue weighted by molar-refractivity contribution is -0.00972. The lowest BCUT2D eigenvalue weighted by Crippen LogP contribution is -2.28. The maximum atomic E-state index is 5.75. The van der Waals surface area contributed by atoms with Crippen LogP contribution in [0.2, 0.25) is 0 Å². The third kappa shape index (κ3) is 2.76. The Balaban J connectivity index is 2.44. The molecule has 0 radical (unpaired) electrons. The molecular weight excluding hydrogens is 226 g/mol. The quantitative estimate of drug-likeness (QED) is 0.899. The van der Waals surface area contributed by atoms with E-state index >= 15 is 0 Å². The largest absolute Gasteiger partial charge is 0.375 e. The second-order valence-corrected chi connectivity index (χ2v) is 4.92. The predicted octanol–water partition coefficient (Wildman–Crippen LogP) is 2.57. The van der Waals surface area contributed by atoms with Crippen molar-refractivity contribution in [1.29, 1.82) is 0 Å². The van der Waals surface area contributed by atoms with Gasteiger partial charge in [-0.1, -0.05) is 18.2 Å². The zero-order valence-corrected chi connectivity index (χ0v) is 11.1. The highest BCUT2D eigenvalue weighted by Gasteiger charge is 2.21. The normalized spacial score (nSPS) is 11.9. The van der Waals surface area contributed by atoms with Gasteiger partial charge in [-0.05, 0) is 26.8 Å². The van der Waals surface area contributed by atoms with Gasteiger partial charge in [0.2, 0.25) is 5.95 Å². The summed E-state index contributed by atoms with van der Waals surface area (Å²) in [4.78, 5) is 8.59. The predicted molar refractivity (Wildman–Crippen MR) is 73.4 cm³/mol. The number of hydrogen-bond acceptors (Lipinski definition) is 4. The van der Waals surface area contributed by atoms with Gasteiger partial charge < -0.3 is 10.5 Å². The fourth-order valence-electron chi connectivity index (χ4n) is 2.14. The summed E-state index contributed by atoms with van der Waals surface area (Å²) in [5, 5.41) is 1.04. The molecule has 4 nitrogen and oxygen atoms in total. The molecule has 0 aliphatic rings. The van der Waals surface area contributed by atoms with Crippen molar-refractivity contribution >= 4 is 16.9 Å². The van der Waals surface area contributed by atoms with E-state index in [-0.39, 0.29) is 5.60 Å². The molecule has 0 amide bonds. The van der Waals surface area contributed by atoms with Crippen molar-refractivity contribution in [3.05, 3.63) is 30.0 Å². The molecule has 0 saturated carbocycles. The summed E-state index contributed by atoms with van der Waals surface area (Å²) < 4.78 is 5.72. The van der Waals surface area contributed by atoms with Crippen molar-refractivity contribution in [3.8, 4) is 0 Å². The Bertz CT molecular complexity index is 552. The molecule has 2 aromatic rings. The van der Waals surface area contributed by atoms with Gasteiger partial charge in [0.1, 0.15) is 0 Å². The summed E-state index contributed by atoms with van der Waals surface area (Å²) in [6.07, 6.45) is 0.716. The van der Waals surface area contributed by atoms with Crippen LogP contribution in [0.3, 0.4) is 0 Å². The number of fused-ring (bicyclic) bond motifs is 1. The number of aromatic nitrogens is 2. The van der Waals surface area contributed by atoms with Crippen molar-refractivity contribution in [3.63, 3.8) is 0 Å². The molecule has 0 unspecified atom stereocenters. The molecule has 1 aromatic carbocycles. The Labute approximate surface area is 107 Å². The van der Waals surface area contributed by atoms with E-state index in [9.17, 15) is 0 Å². The molecule has 0 atom stereocenters. The lowest BCUT2D eigenvalue weighted by atomic mass is 9.99. The molecule has 0 spiro atoms. The van der Waals surface area contributed by atoms with Crippen molar-refractivity contribution in [1.82, 2.24) is 9.97 Å². The number of rotatable bonds is 4. The van der Waals surface area contributed by atoms with Crippen LogP contribution >= 0.6 is 0 Å². The van der Waals surface area contributed by atoms with Gasteiger partial charge in [0.25, 0.3) is 0 Å².